The molecule has 3 saturated carbocycles. The minimum Gasteiger partial charge on any atom is -0.486 e. The van der Waals surface area contributed by atoms with Gasteiger partial charge < -0.3 is 4.74 Å². The average Bonchev–Trinajstić information content (AvgIpc) is 2.80. The van der Waals surface area contributed by atoms with Gasteiger partial charge in [0, 0.05) is 0 Å². The van der Waals surface area contributed by atoms with E-state index in [1.807, 2.05) is 25.1 Å². The van der Waals surface area contributed by atoms with Crippen molar-refractivity contribution in [3.63, 3.8) is 0 Å². The van der Waals surface area contributed by atoms with Crippen LogP contribution in [0.25, 0.3) is 0 Å². The van der Waals surface area contributed by atoms with Crippen LogP contribution in [-0.2, 0) is 0 Å². The molecule has 1 aromatic rings. The molecule has 0 bridgehead atoms. The van der Waals surface area contributed by atoms with Crippen molar-refractivity contribution >= 4 is 0 Å². The molecular formula is C29H41FO. The number of benzene rings is 1. The van der Waals surface area contributed by atoms with Crippen molar-refractivity contribution in [2.45, 2.75) is 84.0 Å². The van der Waals surface area contributed by atoms with E-state index in [2.05, 4.69) is 25.1 Å². The second kappa shape index (κ2) is 10.8. The van der Waals surface area contributed by atoms with Gasteiger partial charge in [-0.3, -0.25) is 0 Å². The lowest BCUT2D eigenvalue weighted by atomic mass is 9.61. The number of hydrogen-bond acceptors (Lipinski definition) is 1. The highest BCUT2D eigenvalue weighted by Crippen LogP contribution is 2.50. The molecule has 1 nitrogen and oxygen atoms in total. The maximum atomic E-state index is 14.5. The summed E-state index contributed by atoms with van der Waals surface area (Å²) in [6.45, 7) is 4.54. The zero-order chi connectivity index (χ0) is 21.6. The van der Waals surface area contributed by atoms with Crippen molar-refractivity contribution < 1.29 is 9.13 Å². The molecule has 170 valence electrons. The molecule has 0 aromatic heterocycles. The van der Waals surface area contributed by atoms with Gasteiger partial charge in [-0.05, 0) is 131 Å². The van der Waals surface area contributed by atoms with Crippen LogP contribution < -0.4 is 4.74 Å². The lowest BCUT2D eigenvalue weighted by Crippen LogP contribution is -2.34. The van der Waals surface area contributed by atoms with Crippen LogP contribution in [0.3, 0.4) is 0 Å². The minimum absolute atomic E-state index is 0.212. The SMILES string of the molecule is C/C=C/COc1ccc(C2CCC(C3CCC4CC(/C=C/C)CCC4C3)CC2)cc1F. The number of hydrogen-bond donors (Lipinski definition) is 0. The summed E-state index contributed by atoms with van der Waals surface area (Å²) in [7, 11) is 0. The van der Waals surface area contributed by atoms with Gasteiger partial charge >= 0.3 is 0 Å². The van der Waals surface area contributed by atoms with E-state index in [0.29, 0.717) is 18.3 Å². The molecule has 0 amide bonds. The second-order valence-corrected chi connectivity index (χ2v) is 10.4. The van der Waals surface area contributed by atoms with Crippen LogP contribution in [0.2, 0.25) is 0 Å². The molecule has 4 unspecified atom stereocenters. The summed E-state index contributed by atoms with van der Waals surface area (Å²) in [4.78, 5) is 0. The van der Waals surface area contributed by atoms with Gasteiger partial charge in [-0.15, -0.1) is 0 Å². The molecule has 4 atom stereocenters. The maximum absolute atomic E-state index is 14.5. The van der Waals surface area contributed by atoms with Gasteiger partial charge in [0.2, 0.25) is 0 Å². The van der Waals surface area contributed by atoms with E-state index >= 15 is 0 Å². The molecular weight excluding hydrogens is 383 g/mol. The molecule has 3 fully saturated rings. The van der Waals surface area contributed by atoms with Crippen molar-refractivity contribution in [1.29, 1.82) is 0 Å². The minimum atomic E-state index is -0.212. The van der Waals surface area contributed by atoms with E-state index in [9.17, 15) is 4.39 Å². The fourth-order valence-corrected chi connectivity index (χ4v) is 6.88. The molecule has 0 radical (unpaired) electrons. The molecule has 0 heterocycles. The molecule has 0 aliphatic heterocycles. The van der Waals surface area contributed by atoms with Crippen molar-refractivity contribution in [2.75, 3.05) is 6.61 Å². The van der Waals surface area contributed by atoms with Crippen molar-refractivity contribution in [3.05, 3.63) is 53.9 Å². The number of ether oxygens (including phenoxy) is 1. The first-order chi connectivity index (χ1) is 15.2. The molecule has 3 aliphatic rings. The lowest BCUT2D eigenvalue weighted by Gasteiger charge is -2.45. The largest absolute Gasteiger partial charge is 0.486 e. The highest BCUT2D eigenvalue weighted by molar-refractivity contribution is 5.31. The standard InChI is InChI=1S/C29H41FO/c1-3-5-17-31-29-16-15-27(20-28(29)30)23-11-9-22(10-12-23)25-14-13-24-18-21(6-4-2)7-8-26(24)19-25/h3-6,15-16,20-26H,7-14,17-19H2,1-2H3/b5-3+,6-4+. The number of allylic oxidation sites excluding steroid dienone is 3. The quantitative estimate of drug-likeness (QED) is 0.416. The van der Waals surface area contributed by atoms with Gasteiger partial charge in [-0.2, -0.15) is 0 Å². The van der Waals surface area contributed by atoms with Crippen LogP contribution >= 0.6 is 0 Å². The molecule has 1 aromatic carbocycles. The Hall–Kier alpha value is -1.57. The van der Waals surface area contributed by atoms with Crippen LogP contribution in [0, 0.1) is 35.4 Å². The van der Waals surface area contributed by atoms with Crippen molar-refractivity contribution in [1.82, 2.24) is 0 Å². The summed E-state index contributed by atoms with van der Waals surface area (Å²) in [5.74, 6) is 5.34. The van der Waals surface area contributed by atoms with E-state index < -0.39 is 0 Å². The van der Waals surface area contributed by atoms with Crippen LogP contribution in [0.4, 0.5) is 4.39 Å². The fraction of sp³-hybridized carbons (Fsp3) is 0.655. The fourth-order valence-electron chi connectivity index (χ4n) is 6.88. The summed E-state index contributed by atoms with van der Waals surface area (Å²) in [5.41, 5.74) is 1.17. The van der Waals surface area contributed by atoms with Crippen LogP contribution in [0.1, 0.15) is 89.5 Å². The van der Waals surface area contributed by atoms with E-state index in [1.54, 1.807) is 6.07 Å². The second-order valence-electron chi connectivity index (χ2n) is 10.4. The Labute approximate surface area is 189 Å². The third-order valence-corrected chi connectivity index (χ3v) is 8.60. The zero-order valence-corrected chi connectivity index (χ0v) is 19.6. The van der Waals surface area contributed by atoms with Crippen LogP contribution in [0.5, 0.6) is 5.75 Å². The molecule has 4 rings (SSSR count). The molecule has 31 heavy (non-hydrogen) atoms. The Bertz CT molecular complexity index is 758. The van der Waals surface area contributed by atoms with Gasteiger partial charge in [0.15, 0.2) is 11.6 Å². The summed E-state index contributed by atoms with van der Waals surface area (Å²) < 4.78 is 20.0. The molecule has 0 saturated heterocycles. The first kappa shape index (κ1) is 22.6. The predicted octanol–water partition coefficient (Wildman–Crippen LogP) is 8.46. The summed E-state index contributed by atoms with van der Waals surface area (Å²) in [5, 5.41) is 0. The van der Waals surface area contributed by atoms with E-state index in [-0.39, 0.29) is 5.82 Å². The molecule has 2 heteroatoms. The number of fused-ring (bicyclic) bond motifs is 1. The molecule has 0 N–H and O–H groups in total. The number of rotatable bonds is 6. The topological polar surface area (TPSA) is 9.23 Å². The van der Waals surface area contributed by atoms with Gasteiger partial charge in [0.25, 0.3) is 0 Å². The Morgan fingerprint density at radius 2 is 1.52 bits per heavy atom. The van der Waals surface area contributed by atoms with E-state index in [1.165, 1.54) is 69.8 Å². The van der Waals surface area contributed by atoms with Crippen LogP contribution in [-0.4, -0.2) is 6.61 Å². The normalized spacial score (nSPS) is 34.2. The molecule has 0 spiro atoms. The van der Waals surface area contributed by atoms with Crippen LogP contribution in [0.15, 0.2) is 42.5 Å². The zero-order valence-electron chi connectivity index (χ0n) is 19.6. The van der Waals surface area contributed by atoms with Gasteiger partial charge in [0.1, 0.15) is 6.61 Å². The third kappa shape index (κ3) is 5.62. The third-order valence-electron chi connectivity index (χ3n) is 8.60. The van der Waals surface area contributed by atoms with Crippen molar-refractivity contribution in [3.8, 4) is 5.75 Å². The van der Waals surface area contributed by atoms with E-state index in [0.717, 1.165) is 29.6 Å². The smallest absolute Gasteiger partial charge is 0.165 e. The van der Waals surface area contributed by atoms with Gasteiger partial charge in [-0.25, -0.2) is 4.39 Å². The Kier molecular flexibility index (Phi) is 7.91. The summed E-state index contributed by atoms with van der Waals surface area (Å²) in [6, 6.07) is 5.64. The lowest BCUT2D eigenvalue weighted by molar-refractivity contribution is 0.0718. The monoisotopic (exact) mass is 424 g/mol. The summed E-state index contributed by atoms with van der Waals surface area (Å²) in [6.07, 6.45) is 22.3. The Morgan fingerprint density at radius 3 is 2.23 bits per heavy atom. The van der Waals surface area contributed by atoms with E-state index in [4.69, 9.17) is 4.74 Å². The van der Waals surface area contributed by atoms with Gasteiger partial charge in [0.05, 0.1) is 0 Å². The predicted molar refractivity (Wildman–Crippen MR) is 128 cm³/mol. The molecule has 3 aliphatic carbocycles. The maximum Gasteiger partial charge on any atom is 0.165 e. The first-order valence-electron chi connectivity index (χ1n) is 12.8. The average molecular weight is 425 g/mol. The van der Waals surface area contributed by atoms with Crippen molar-refractivity contribution in [2.24, 2.45) is 29.6 Å². The number of halogens is 1. The Balaban J connectivity index is 1.27. The highest BCUT2D eigenvalue weighted by Gasteiger charge is 2.38. The Morgan fingerprint density at radius 1 is 0.839 bits per heavy atom. The highest BCUT2D eigenvalue weighted by atomic mass is 19.1. The summed E-state index contributed by atoms with van der Waals surface area (Å²) >= 11 is 0. The van der Waals surface area contributed by atoms with Gasteiger partial charge in [-0.1, -0.05) is 30.4 Å². The first-order valence-corrected chi connectivity index (χ1v) is 12.8.